The van der Waals surface area contributed by atoms with Crippen LogP contribution in [0.15, 0.2) is 53.4 Å². The molecule has 0 unspecified atom stereocenters. The Labute approximate surface area is 119 Å². The average molecular weight is 291 g/mol. The highest BCUT2D eigenvalue weighted by molar-refractivity contribution is 7.92. The lowest BCUT2D eigenvalue weighted by Crippen LogP contribution is -2.37. The number of hydrazine groups is 1. The summed E-state index contributed by atoms with van der Waals surface area (Å²) in [7, 11) is -2.05. The van der Waals surface area contributed by atoms with Gasteiger partial charge in [-0.3, -0.25) is 0 Å². The largest absolute Gasteiger partial charge is 0.386 e. The molecule has 0 amide bonds. The van der Waals surface area contributed by atoms with Crippen LogP contribution >= 0.6 is 0 Å². The van der Waals surface area contributed by atoms with Crippen molar-refractivity contribution < 1.29 is 8.42 Å². The highest BCUT2D eigenvalue weighted by Crippen LogP contribution is 2.28. The van der Waals surface area contributed by atoms with Crippen molar-refractivity contribution in [2.24, 2.45) is 5.84 Å². The van der Waals surface area contributed by atoms with E-state index in [0.717, 1.165) is 9.98 Å². The minimum Gasteiger partial charge on any atom is -0.386 e. The summed E-state index contributed by atoms with van der Waals surface area (Å²) < 4.78 is 25.8. The van der Waals surface area contributed by atoms with Gasteiger partial charge in [0.15, 0.2) is 0 Å². The van der Waals surface area contributed by atoms with Crippen LogP contribution in [0.3, 0.4) is 0 Å². The van der Waals surface area contributed by atoms with Gasteiger partial charge in [0.05, 0.1) is 16.3 Å². The van der Waals surface area contributed by atoms with E-state index in [4.69, 9.17) is 5.84 Å². The lowest BCUT2D eigenvalue weighted by atomic mass is 10.2. The number of rotatable bonds is 4. The molecule has 0 saturated carbocycles. The van der Waals surface area contributed by atoms with Gasteiger partial charge in [-0.25, -0.2) is 5.84 Å². The third kappa shape index (κ3) is 2.61. The second kappa shape index (κ2) is 5.52. The Hall–Kier alpha value is -2.05. The number of hydrogen-bond donors (Lipinski definition) is 2. The molecule has 3 N–H and O–H groups in total. The van der Waals surface area contributed by atoms with Crippen LogP contribution in [-0.2, 0) is 10.0 Å². The molecule has 0 aliphatic rings. The number of nitrogens with zero attached hydrogens (tertiary/aromatic N) is 1. The van der Waals surface area contributed by atoms with Gasteiger partial charge in [0.1, 0.15) is 0 Å². The first-order chi connectivity index (χ1) is 9.46. The fourth-order valence-corrected chi connectivity index (χ4v) is 3.01. The molecule has 0 bridgehead atoms. The van der Waals surface area contributed by atoms with Crippen molar-refractivity contribution in [1.82, 2.24) is 0 Å². The molecule has 6 heteroatoms. The van der Waals surface area contributed by atoms with E-state index in [1.54, 1.807) is 37.4 Å². The van der Waals surface area contributed by atoms with Crippen LogP contribution in [0.25, 0.3) is 0 Å². The average Bonchev–Trinajstić information content (AvgIpc) is 2.47. The monoisotopic (exact) mass is 291 g/mol. The van der Waals surface area contributed by atoms with Crippen molar-refractivity contribution in [3.05, 3.63) is 54.1 Å². The maximum absolute atomic E-state index is 12.5. The van der Waals surface area contributed by atoms with E-state index < -0.39 is 10.0 Å². The van der Waals surface area contributed by atoms with Crippen molar-refractivity contribution in [3.63, 3.8) is 0 Å². The zero-order valence-corrected chi connectivity index (χ0v) is 12.2. The minimum absolute atomic E-state index is 0.158. The van der Waals surface area contributed by atoms with Gasteiger partial charge in [-0.2, -0.15) is 12.8 Å². The molecule has 0 aliphatic carbocycles. The fraction of sp³-hybridized carbons (Fsp3) is 0.143. The third-order valence-corrected chi connectivity index (χ3v) is 4.54. The highest BCUT2D eigenvalue weighted by atomic mass is 32.2. The second-order valence-corrected chi connectivity index (χ2v) is 6.20. The molecule has 20 heavy (non-hydrogen) atoms. The first kappa shape index (κ1) is 14.4. The topological polar surface area (TPSA) is 75.4 Å². The van der Waals surface area contributed by atoms with Crippen LogP contribution in [0.2, 0.25) is 0 Å². The van der Waals surface area contributed by atoms with Crippen molar-refractivity contribution >= 4 is 21.4 Å². The molecule has 106 valence electrons. The lowest BCUT2D eigenvalue weighted by molar-refractivity contribution is 0.592. The predicted molar refractivity (Wildman–Crippen MR) is 81.0 cm³/mol. The van der Waals surface area contributed by atoms with E-state index in [0.29, 0.717) is 11.4 Å². The van der Waals surface area contributed by atoms with E-state index in [2.05, 4.69) is 5.32 Å². The van der Waals surface area contributed by atoms with Crippen LogP contribution < -0.4 is 15.6 Å². The Morgan fingerprint density at radius 3 is 2.35 bits per heavy atom. The van der Waals surface area contributed by atoms with Gasteiger partial charge in [-0.05, 0) is 36.8 Å². The van der Waals surface area contributed by atoms with E-state index in [-0.39, 0.29) is 4.90 Å². The third-order valence-electron chi connectivity index (χ3n) is 2.96. The molecule has 2 aromatic rings. The normalized spacial score (nSPS) is 11.2. The highest BCUT2D eigenvalue weighted by Gasteiger charge is 2.23. The summed E-state index contributed by atoms with van der Waals surface area (Å²) in [6.07, 6.45) is 0. The molecule has 5 nitrogen and oxygen atoms in total. The molecule has 0 saturated heterocycles. The summed E-state index contributed by atoms with van der Waals surface area (Å²) in [5, 5.41) is 2.94. The van der Waals surface area contributed by atoms with Gasteiger partial charge in [-0.1, -0.05) is 24.3 Å². The Balaban J connectivity index is 2.51. The van der Waals surface area contributed by atoms with Gasteiger partial charge in [0.2, 0.25) is 0 Å². The molecule has 2 aromatic carbocycles. The lowest BCUT2D eigenvalue weighted by Gasteiger charge is -2.22. The maximum atomic E-state index is 12.5. The second-order valence-electron chi connectivity index (χ2n) is 4.38. The number of nitrogens with one attached hydrogen (secondary N) is 1. The molecular weight excluding hydrogens is 274 g/mol. The predicted octanol–water partition coefficient (Wildman–Crippen LogP) is 2.11. The Kier molecular flexibility index (Phi) is 3.96. The summed E-state index contributed by atoms with van der Waals surface area (Å²) in [6.45, 7) is 1.88. The van der Waals surface area contributed by atoms with Crippen LogP contribution in [-0.4, -0.2) is 15.5 Å². The van der Waals surface area contributed by atoms with E-state index in [9.17, 15) is 8.42 Å². The zero-order chi connectivity index (χ0) is 14.8. The standard InChI is InChI=1S/C14H17N3O2S/c1-11-8-9-13(16-2)14(10-11)17(15)20(18,19)12-6-4-3-5-7-12/h3-10,16H,15H2,1-2H3. The summed E-state index contributed by atoms with van der Waals surface area (Å²) in [6, 6.07) is 13.5. The van der Waals surface area contributed by atoms with Crippen LogP contribution in [0.4, 0.5) is 11.4 Å². The first-order valence-corrected chi connectivity index (χ1v) is 7.54. The molecular formula is C14H17N3O2S. The molecule has 0 radical (unpaired) electrons. The Morgan fingerprint density at radius 2 is 1.75 bits per heavy atom. The number of hydrogen-bond acceptors (Lipinski definition) is 4. The van der Waals surface area contributed by atoms with Crippen molar-refractivity contribution in [2.75, 3.05) is 16.8 Å². The van der Waals surface area contributed by atoms with Gasteiger partial charge < -0.3 is 5.32 Å². The molecule has 0 aliphatic heterocycles. The number of benzene rings is 2. The van der Waals surface area contributed by atoms with Gasteiger partial charge in [-0.15, -0.1) is 0 Å². The quantitative estimate of drug-likeness (QED) is 0.668. The number of anilines is 2. The van der Waals surface area contributed by atoms with Crippen molar-refractivity contribution in [1.29, 1.82) is 0 Å². The molecule has 0 fully saturated rings. The molecule has 0 aromatic heterocycles. The van der Waals surface area contributed by atoms with Crippen LogP contribution in [0.5, 0.6) is 0 Å². The van der Waals surface area contributed by atoms with Crippen molar-refractivity contribution in [3.8, 4) is 0 Å². The van der Waals surface area contributed by atoms with E-state index >= 15 is 0 Å². The smallest absolute Gasteiger partial charge is 0.277 e. The number of sulfonamides is 1. The summed E-state index contributed by atoms with van der Waals surface area (Å²) in [5.74, 6) is 5.86. The number of nitrogens with two attached hydrogens (primary N) is 1. The molecule has 2 rings (SSSR count). The summed E-state index contributed by atoms with van der Waals surface area (Å²) in [5.41, 5.74) is 1.99. The van der Waals surface area contributed by atoms with Gasteiger partial charge in [0.25, 0.3) is 10.0 Å². The Bertz CT molecular complexity index is 700. The first-order valence-electron chi connectivity index (χ1n) is 6.10. The van der Waals surface area contributed by atoms with Crippen LogP contribution in [0.1, 0.15) is 5.56 Å². The van der Waals surface area contributed by atoms with Crippen molar-refractivity contribution in [2.45, 2.75) is 11.8 Å². The van der Waals surface area contributed by atoms with E-state index in [1.165, 1.54) is 12.1 Å². The maximum Gasteiger partial charge on any atom is 0.277 e. The summed E-state index contributed by atoms with van der Waals surface area (Å²) in [4.78, 5) is 0.158. The number of aryl methyl sites for hydroxylation is 1. The van der Waals surface area contributed by atoms with Gasteiger partial charge >= 0.3 is 0 Å². The molecule has 0 spiro atoms. The van der Waals surface area contributed by atoms with Crippen LogP contribution in [0, 0.1) is 6.92 Å². The summed E-state index contributed by atoms with van der Waals surface area (Å²) >= 11 is 0. The Morgan fingerprint density at radius 1 is 1.10 bits per heavy atom. The van der Waals surface area contributed by atoms with Gasteiger partial charge in [0, 0.05) is 7.05 Å². The van der Waals surface area contributed by atoms with E-state index in [1.807, 2.05) is 13.0 Å². The molecule has 0 atom stereocenters. The SMILES string of the molecule is CNc1ccc(C)cc1N(N)S(=O)(=O)c1ccccc1. The fourth-order valence-electron chi connectivity index (χ4n) is 1.87. The minimum atomic E-state index is -3.77. The molecule has 0 heterocycles. The zero-order valence-electron chi connectivity index (χ0n) is 11.4.